The minimum atomic E-state index is 0.228. The molecule has 2 unspecified atom stereocenters. The molecule has 2 aliphatic heterocycles. The van der Waals surface area contributed by atoms with Crippen molar-refractivity contribution < 1.29 is 9.53 Å². The third kappa shape index (κ3) is 5.59. The van der Waals surface area contributed by atoms with Crippen LogP contribution in [0.2, 0.25) is 0 Å². The fourth-order valence-corrected chi connectivity index (χ4v) is 5.34. The van der Waals surface area contributed by atoms with Crippen LogP contribution in [-0.2, 0) is 22.6 Å². The normalized spacial score (nSPS) is 26.5. The van der Waals surface area contributed by atoms with Crippen LogP contribution in [-0.4, -0.2) is 48.8 Å². The highest BCUT2D eigenvalue weighted by Gasteiger charge is 2.51. The summed E-state index contributed by atoms with van der Waals surface area (Å²) in [6, 6.07) is 2.14. The summed E-state index contributed by atoms with van der Waals surface area (Å²) >= 11 is 0. The molecule has 0 bridgehead atoms. The van der Waals surface area contributed by atoms with Gasteiger partial charge in [-0.3, -0.25) is 14.7 Å². The van der Waals surface area contributed by atoms with E-state index in [0.717, 1.165) is 77.7 Å². The first-order valence-electron chi connectivity index (χ1n) is 11.9. The maximum Gasteiger partial charge on any atom is 0.220 e. The van der Waals surface area contributed by atoms with Gasteiger partial charge in [-0.2, -0.15) is 0 Å². The van der Waals surface area contributed by atoms with Gasteiger partial charge in [0.2, 0.25) is 5.91 Å². The zero-order valence-electron chi connectivity index (χ0n) is 18.5. The van der Waals surface area contributed by atoms with Crippen LogP contribution in [0.5, 0.6) is 0 Å². The molecule has 1 saturated carbocycles. The van der Waals surface area contributed by atoms with Gasteiger partial charge in [0.05, 0.1) is 0 Å². The molecular formula is C24H38N4O2. The Morgan fingerprint density at radius 3 is 2.93 bits per heavy atom. The molecule has 3 heterocycles. The van der Waals surface area contributed by atoms with Gasteiger partial charge in [-0.25, -0.2) is 0 Å². The zero-order chi connectivity index (χ0) is 20.8. The average Bonchev–Trinajstić information content (AvgIpc) is 3.30. The number of hydrogen-bond donors (Lipinski definition) is 2. The zero-order valence-corrected chi connectivity index (χ0v) is 18.5. The lowest BCUT2D eigenvalue weighted by Gasteiger charge is -2.21. The molecule has 1 aliphatic carbocycles. The van der Waals surface area contributed by atoms with Crippen molar-refractivity contribution in [2.24, 2.45) is 17.3 Å². The van der Waals surface area contributed by atoms with Crippen LogP contribution < -0.4 is 10.6 Å². The Balaban J connectivity index is 1.08. The minimum absolute atomic E-state index is 0.228. The van der Waals surface area contributed by atoms with Crippen LogP contribution in [0.4, 0.5) is 0 Å². The van der Waals surface area contributed by atoms with Gasteiger partial charge in [0.25, 0.3) is 0 Å². The number of aromatic nitrogens is 1. The molecule has 2 atom stereocenters. The van der Waals surface area contributed by atoms with Crippen LogP contribution in [0.15, 0.2) is 18.5 Å². The largest absolute Gasteiger partial charge is 0.381 e. The topological polar surface area (TPSA) is 66.5 Å². The maximum absolute atomic E-state index is 12.2. The first-order chi connectivity index (χ1) is 14.7. The van der Waals surface area contributed by atoms with E-state index in [-0.39, 0.29) is 5.91 Å². The number of pyridine rings is 1. The van der Waals surface area contributed by atoms with Crippen molar-refractivity contribution in [1.29, 1.82) is 0 Å². The minimum Gasteiger partial charge on any atom is -0.381 e. The third-order valence-electron chi connectivity index (χ3n) is 7.65. The van der Waals surface area contributed by atoms with Crippen molar-refractivity contribution in [1.82, 2.24) is 20.5 Å². The van der Waals surface area contributed by atoms with Crippen LogP contribution in [0.1, 0.15) is 63.0 Å². The Morgan fingerprint density at radius 1 is 1.30 bits per heavy atom. The Hall–Kier alpha value is -1.50. The van der Waals surface area contributed by atoms with Crippen molar-refractivity contribution in [3.05, 3.63) is 29.6 Å². The number of carbonyl (C=O) groups excluding carboxylic acids is 1. The standard InChI is InChI=1S/C24H38N4O2/c1-2-24(8-10-27-23(29)4-3-19-6-11-30-12-7-19)13-22(24)15-26-18-28-16-20-5-9-25-14-21(20)17-28/h5,9,14,19,22,26H,2-4,6-8,10-13,15-18H2,1H3,(H,27,29). The third-order valence-corrected chi connectivity index (χ3v) is 7.65. The molecule has 30 heavy (non-hydrogen) atoms. The summed E-state index contributed by atoms with van der Waals surface area (Å²) in [6.07, 6.45) is 11.4. The average molecular weight is 415 g/mol. The second kappa shape index (κ2) is 10.2. The molecule has 0 aromatic carbocycles. The van der Waals surface area contributed by atoms with Crippen LogP contribution in [0, 0.1) is 17.3 Å². The van der Waals surface area contributed by atoms with Gasteiger partial charge in [-0.15, -0.1) is 0 Å². The summed E-state index contributed by atoms with van der Waals surface area (Å²) in [5.74, 6) is 1.64. The van der Waals surface area contributed by atoms with E-state index in [1.807, 2.05) is 12.4 Å². The number of rotatable bonds is 11. The van der Waals surface area contributed by atoms with Gasteiger partial charge >= 0.3 is 0 Å². The molecule has 1 saturated heterocycles. The number of nitrogens with one attached hydrogen (secondary N) is 2. The molecule has 1 amide bonds. The lowest BCUT2D eigenvalue weighted by Crippen LogP contribution is -2.32. The van der Waals surface area contributed by atoms with Crippen LogP contribution in [0.3, 0.4) is 0 Å². The molecule has 0 spiro atoms. The van der Waals surface area contributed by atoms with E-state index in [9.17, 15) is 4.79 Å². The lowest BCUT2D eigenvalue weighted by molar-refractivity contribution is -0.121. The summed E-state index contributed by atoms with van der Waals surface area (Å²) in [5.41, 5.74) is 3.20. The monoisotopic (exact) mass is 414 g/mol. The highest BCUT2D eigenvalue weighted by atomic mass is 16.5. The quantitative estimate of drug-likeness (QED) is 0.583. The van der Waals surface area contributed by atoms with E-state index in [2.05, 4.69) is 33.5 Å². The van der Waals surface area contributed by atoms with Crippen molar-refractivity contribution in [3.63, 3.8) is 0 Å². The molecular weight excluding hydrogens is 376 g/mol. The fourth-order valence-electron chi connectivity index (χ4n) is 5.34. The predicted octanol–water partition coefficient (Wildman–Crippen LogP) is 3.07. The van der Waals surface area contributed by atoms with Crippen molar-refractivity contribution >= 4 is 5.91 Å². The second-order valence-electron chi connectivity index (χ2n) is 9.56. The molecule has 3 aliphatic rings. The van der Waals surface area contributed by atoms with Gasteiger partial charge < -0.3 is 15.4 Å². The molecule has 1 aromatic rings. The Kier molecular flexibility index (Phi) is 7.39. The van der Waals surface area contributed by atoms with E-state index in [0.29, 0.717) is 17.8 Å². The number of nitrogens with zero attached hydrogens (tertiary/aromatic N) is 2. The first kappa shape index (κ1) is 21.7. The van der Waals surface area contributed by atoms with Crippen LogP contribution in [0.25, 0.3) is 0 Å². The number of carbonyl (C=O) groups is 1. The molecule has 4 rings (SSSR count). The summed E-state index contributed by atoms with van der Waals surface area (Å²) in [5, 5.41) is 6.86. The summed E-state index contributed by atoms with van der Waals surface area (Å²) in [7, 11) is 0. The Bertz CT molecular complexity index is 681. The van der Waals surface area contributed by atoms with Gasteiger partial charge in [-0.05, 0) is 73.1 Å². The number of ether oxygens (including phenoxy) is 1. The summed E-state index contributed by atoms with van der Waals surface area (Å²) in [4.78, 5) is 18.9. The molecule has 6 nitrogen and oxygen atoms in total. The number of amides is 1. The van der Waals surface area contributed by atoms with Gasteiger partial charge in [0.15, 0.2) is 0 Å². The fraction of sp³-hybridized carbons (Fsp3) is 0.750. The van der Waals surface area contributed by atoms with Crippen molar-refractivity contribution in [3.8, 4) is 0 Å². The first-order valence-corrected chi connectivity index (χ1v) is 11.9. The summed E-state index contributed by atoms with van der Waals surface area (Å²) < 4.78 is 5.40. The van der Waals surface area contributed by atoms with E-state index in [1.165, 1.54) is 24.0 Å². The highest BCUT2D eigenvalue weighted by molar-refractivity contribution is 5.75. The van der Waals surface area contributed by atoms with E-state index < -0.39 is 0 Å². The summed E-state index contributed by atoms with van der Waals surface area (Å²) in [6.45, 7) is 8.90. The molecule has 6 heteroatoms. The van der Waals surface area contributed by atoms with Crippen molar-refractivity contribution in [2.45, 2.75) is 65.0 Å². The molecule has 2 fully saturated rings. The number of fused-ring (bicyclic) bond motifs is 1. The predicted molar refractivity (Wildman–Crippen MR) is 118 cm³/mol. The Labute approximate surface area is 181 Å². The molecule has 2 N–H and O–H groups in total. The highest BCUT2D eigenvalue weighted by Crippen LogP contribution is 2.57. The van der Waals surface area contributed by atoms with Crippen molar-refractivity contribution in [2.75, 3.05) is 33.0 Å². The SMILES string of the molecule is CCC1(CCNC(=O)CCC2CCOCC2)CC1CNCN1Cc2ccncc2C1. The maximum atomic E-state index is 12.2. The van der Waals surface area contributed by atoms with E-state index in [4.69, 9.17) is 4.74 Å². The number of hydrogen-bond acceptors (Lipinski definition) is 5. The van der Waals surface area contributed by atoms with E-state index >= 15 is 0 Å². The lowest BCUT2D eigenvalue weighted by atomic mass is 9.94. The molecule has 166 valence electrons. The van der Waals surface area contributed by atoms with Gasteiger partial charge in [0, 0.05) is 58.3 Å². The van der Waals surface area contributed by atoms with Gasteiger partial charge in [0.1, 0.15) is 0 Å². The van der Waals surface area contributed by atoms with Gasteiger partial charge in [-0.1, -0.05) is 13.3 Å². The van der Waals surface area contributed by atoms with E-state index in [1.54, 1.807) is 0 Å². The second-order valence-corrected chi connectivity index (χ2v) is 9.56. The molecule has 0 radical (unpaired) electrons. The van der Waals surface area contributed by atoms with Crippen LogP contribution >= 0.6 is 0 Å². The smallest absolute Gasteiger partial charge is 0.220 e. The molecule has 1 aromatic heterocycles. The Morgan fingerprint density at radius 2 is 2.13 bits per heavy atom.